The number of amides is 2. The summed E-state index contributed by atoms with van der Waals surface area (Å²) >= 11 is 0. The molecule has 1 saturated heterocycles. The average molecular weight is 340 g/mol. The van der Waals surface area contributed by atoms with Gasteiger partial charge in [0.15, 0.2) is 6.10 Å². The number of nitrogens with zero attached hydrogens (tertiary/aromatic N) is 2. The Morgan fingerprint density at radius 1 is 1.35 bits per heavy atom. The molecule has 0 aromatic heterocycles. The van der Waals surface area contributed by atoms with Gasteiger partial charge in [-0.05, 0) is 26.0 Å². The van der Waals surface area contributed by atoms with Crippen molar-refractivity contribution in [1.29, 1.82) is 0 Å². The predicted octanol–water partition coefficient (Wildman–Crippen LogP) is 1.04. The van der Waals surface area contributed by atoms with Crippen molar-refractivity contribution in [2.45, 2.75) is 26.0 Å². The van der Waals surface area contributed by atoms with Crippen LogP contribution in [0.4, 0.5) is 5.69 Å². The molecule has 2 aliphatic rings. The molecule has 1 aromatic rings. The Bertz CT molecular complexity index is 596. The maximum atomic E-state index is 12.5. The minimum Gasteiger partial charge on any atom is -0.479 e. The second kappa shape index (κ2) is 7.19. The highest BCUT2D eigenvalue weighted by molar-refractivity contribution is 6.03. The molecule has 0 radical (unpaired) electrons. The van der Waals surface area contributed by atoms with Gasteiger partial charge in [0, 0.05) is 25.7 Å². The highest BCUT2D eigenvalue weighted by atomic mass is 35.5. The number of halogens is 1. The maximum Gasteiger partial charge on any atom is 0.268 e. The van der Waals surface area contributed by atoms with Crippen LogP contribution in [0.5, 0.6) is 5.75 Å². The van der Waals surface area contributed by atoms with Crippen LogP contribution in [-0.4, -0.2) is 55.0 Å². The molecule has 6 nitrogen and oxygen atoms in total. The molecule has 2 heterocycles. The van der Waals surface area contributed by atoms with Crippen molar-refractivity contribution in [3.05, 3.63) is 24.3 Å². The van der Waals surface area contributed by atoms with Crippen LogP contribution in [0.1, 0.15) is 13.8 Å². The summed E-state index contributed by atoms with van der Waals surface area (Å²) in [5.74, 6) is 0.455. The van der Waals surface area contributed by atoms with Crippen molar-refractivity contribution in [2.75, 3.05) is 31.1 Å². The van der Waals surface area contributed by atoms with Crippen molar-refractivity contribution in [3.8, 4) is 5.75 Å². The number of fused-ring (bicyclic) bond motifs is 1. The number of hydrogen-bond donors (Lipinski definition) is 1. The third kappa shape index (κ3) is 3.59. The number of ether oxygens (including phenoxy) is 1. The van der Waals surface area contributed by atoms with Crippen LogP contribution in [0, 0.1) is 0 Å². The van der Waals surface area contributed by atoms with Gasteiger partial charge in [-0.2, -0.15) is 0 Å². The largest absolute Gasteiger partial charge is 0.479 e. The number of carbonyl (C=O) groups excluding carboxylic acids is 2. The fraction of sp³-hybridized carbons (Fsp3) is 0.500. The standard InChI is InChI=1S/C16H21N3O3.ClH/c1-11-9-18(8-7-17-11)15(20)10-19-13-5-3-4-6-14(13)22-12(2)16(19)21;/h3-6,11-12,17H,7-10H2,1-2H3;1H. The first-order chi connectivity index (χ1) is 10.6. The summed E-state index contributed by atoms with van der Waals surface area (Å²) in [6.45, 7) is 5.97. The number of hydrogen-bond acceptors (Lipinski definition) is 4. The Kier molecular flexibility index (Phi) is 5.49. The molecule has 1 fully saturated rings. The Balaban J connectivity index is 0.00000192. The number of para-hydroxylation sites is 2. The minimum atomic E-state index is -0.565. The quantitative estimate of drug-likeness (QED) is 0.874. The second-order valence-electron chi connectivity index (χ2n) is 5.85. The summed E-state index contributed by atoms with van der Waals surface area (Å²) in [7, 11) is 0. The van der Waals surface area contributed by atoms with Crippen LogP contribution in [0.25, 0.3) is 0 Å². The van der Waals surface area contributed by atoms with Gasteiger partial charge in [-0.25, -0.2) is 0 Å². The summed E-state index contributed by atoms with van der Waals surface area (Å²) in [4.78, 5) is 28.3. The van der Waals surface area contributed by atoms with E-state index in [1.54, 1.807) is 11.8 Å². The lowest BCUT2D eigenvalue weighted by Gasteiger charge is -2.36. The maximum absolute atomic E-state index is 12.5. The van der Waals surface area contributed by atoms with Crippen molar-refractivity contribution < 1.29 is 14.3 Å². The van der Waals surface area contributed by atoms with E-state index in [-0.39, 0.29) is 36.8 Å². The van der Waals surface area contributed by atoms with Gasteiger partial charge in [-0.15, -0.1) is 12.4 Å². The zero-order chi connectivity index (χ0) is 15.7. The Morgan fingerprint density at radius 3 is 2.83 bits per heavy atom. The summed E-state index contributed by atoms with van der Waals surface area (Å²) < 4.78 is 5.59. The highest BCUT2D eigenvalue weighted by Gasteiger charge is 2.33. The average Bonchev–Trinajstić information content (AvgIpc) is 2.51. The lowest BCUT2D eigenvalue weighted by atomic mass is 10.1. The Labute approximate surface area is 142 Å². The predicted molar refractivity (Wildman–Crippen MR) is 90.2 cm³/mol. The van der Waals surface area contributed by atoms with Crippen LogP contribution in [0.3, 0.4) is 0 Å². The lowest BCUT2D eigenvalue weighted by Crippen LogP contribution is -2.55. The monoisotopic (exact) mass is 339 g/mol. The van der Waals surface area contributed by atoms with Crippen LogP contribution in [0.2, 0.25) is 0 Å². The van der Waals surface area contributed by atoms with E-state index in [9.17, 15) is 9.59 Å². The summed E-state index contributed by atoms with van der Waals surface area (Å²) in [5, 5.41) is 3.31. The van der Waals surface area contributed by atoms with Gasteiger partial charge in [0.25, 0.3) is 5.91 Å². The third-order valence-electron chi connectivity index (χ3n) is 4.09. The molecule has 1 N–H and O–H groups in total. The molecule has 3 rings (SSSR count). The van der Waals surface area contributed by atoms with Gasteiger partial charge >= 0.3 is 0 Å². The molecule has 0 bridgehead atoms. The molecule has 23 heavy (non-hydrogen) atoms. The molecular formula is C16H22ClN3O3. The Hall–Kier alpha value is -1.79. The van der Waals surface area contributed by atoms with Crippen molar-refractivity contribution in [2.24, 2.45) is 0 Å². The van der Waals surface area contributed by atoms with E-state index >= 15 is 0 Å². The fourth-order valence-electron chi connectivity index (χ4n) is 2.92. The molecular weight excluding hydrogens is 318 g/mol. The van der Waals surface area contributed by atoms with Gasteiger partial charge < -0.3 is 15.0 Å². The molecule has 7 heteroatoms. The smallest absolute Gasteiger partial charge is 0.268 e. The lowest BCUT2D eigenvalue weighted by molar-refractivity contribution is -0.133. The van der Waals surface area contributed by atoms with E-state index in [4.69, 9.17) is 4.74 Å². The zero-order valence-electron chi connectivity index (χ0n) is 13.3. The van der Waals surface area contributed by atoms with E-state index in [0.717, 1.165) is 6.54 Å². The van der Waals surface area contributed by atoms with Crippen LogP contribution in [-0.2, 0) is 9.59 Å². The van der Waals surface area contributed by atoms with Gasteiger partial charge in [-0.1, -0.05) is 12.1 Å². The first-order valence-corrected chi connectivity index (χ1v) is 7.64. The molecule has 2 aliphatic heterocycles. The van der Waals surface area contributed by atoms with Gasteiger partial charge in [0.05, 0.1) is 5.69 Å². The SMILES string of the molecule is CC1CN(C(=O)CN2C(=O)C(C)Oc3ccccc32)CCN1.Cl. The molecule has 0 spiro atoms. The second-order valence-corrected chi connectivity index (χ2v) is 5.85. The number of carbonyl (C=O) groups is 2. The normalized spacial score (nSPS) is 23.7. The van der Waals surface area contributed by atoms with E-state index in [0.29, 0.717) is 24.5 Å². The van der Waals surface area contributed by atoms with E-state index < -0.39 is 6.10 Å². The summed E-state index contributed by atoms with van der Waals surface area (Å²) in [5.41, 5.74) is 0.669. The number of nitrogens with one attached hydrogen (secondary N) is 1. The first-order valence-electron chi connectivity index (χ1n) is 7.64. The van der Waals surface area contributed by atoms with Gasteiger partial charge in [0.1, 0.15) is 12.3 Å². The summed E-state index contributed by atoms with van der Waals surface area (Å²) in [6, 6.07) is 7.62. The third-order valence-corrected chi connectivity index (χ3v) is 4.09. The van der Waals surface area contributed by atoms with Crippen molar-refractivity contribution >= 4 is 29.9 Å². The van der Waals surface area contributed by atoms with Crippen molar-refractivity contribution in [3.63, 3.8) is 0 Å². The topological polar surface area (TPSA) is 61.9 Å². The molecule has 0 saturated carbocycles. The van der Waals surface area contributed by atoms with Gasteiger partial charge in [0.2, 0.25) is 5.91 Å². The number of benzene rings is 1. The zero-order valence-corrected chi connectivity index (χ0v) is 14.1. The number of anilines is 1. The van der Waals surface area contributed by atoms with E-state index in [1.807, 2.05) is 29.2 Å². The van der Waals surface area contributed by atoms with Crippen molar-refractivity contribution in [1.82, 2.24) is 10.2 Å². The van der Waals surface area contributed by atoms with E-state index in [1.165, 1.54) is 0 Å². The molecule has 2 unspecified atom stereocenters. The fourth-order valence-corrected chi connectivity index (χ4v) is 2.92. The van der Waals surface area contributed by atoms with Crippen LogP contribution in [0.15, 0.2) is 24.3 Å². The number of rotatable bonds is 2. The molecule has 1 aromatic carbocycles. The highest BCUT2D eigenvalue weighted by Crippen LogP contribution is 2.33. The van der Waals surface area contributed by atoms with Crippen LogP contribution < -0.4 is 15.0 Å². The van der Waals surface area contributed by atoms with E-state index in [2.05, 4.69) is 12.2 Å². The molecule has 2 amide bonds. The first kappa shape index (κ1) is 17.6. The number of piperazine rings is 1. The Morgan fingerprint density at radius 2 is 2.09 bits per heavy atom. The molecule has 126 valence electrons. The molecule has 2 atom stereocenters. The van der Waals surface area contributed by atoms with Gasteiger partial charge in [-0.3, -0.25) is 14.5 Å². The molecule has 0 aliphatic carbocycles. The summed E-state index contributed by atoms with van der Waals surface area (Å²) in [6.07, 6.45) is -0.565. The van der Waals surface area contributed by atoms with Crippen LogP contribution >= 0.6 is 12.4 Å². The minimum absolute atomic E-state index is 0.